The second kappa shape index (κ2) is 7.25. The van der Waals surface area contributed by atoms with Crippen molar-refractivity contribution in [2.75, 3.05) is 24.0 Å². The number of carbonyl (C=O) groups excluding carboxylic acids is 1. The number of fused-ring (bicyclic) bond motifs is 1. The van der Waals surface area contributed by atoms with Gasteiger partial charge in [0.2, 0.25) is 12.7 Å². The Balaban J connectivity index is 1.53. The molecule has 0 fully saturated rings. The van der Waals surface area contributed by atoms with Crippen molar-refractivity contribution in [3.8, 4) is 11.5 Å². The van der Waals surface area contributed by atoms with Crippen molar-refractivity contribution in [2.24, 2.45) is 0 Å². The first kappa shape index (κ1) is 16.2. The van der Waals surface area contributed by atoms with Gasteiger partial charge in [0.05, 0.1) is 0 Å². The lowest BCUT2D eigenvalue weighted by Crippen LogP contribution is -2.17. The summed E-state index contributed by atoms with van der Waals surface area (Å²) in [7, 11) is 0. The van der Waals surface area contributed by atoms with E-state index in [1.807, 2.05) is 6.07 Å². The Morgan fingerprint density at radius 1 is 1.17 bits per heavy atom. The van der Waals surface area contributed by atoms with Crippen LogP contribution in [0.4, 0.5) is 11.4 Å². The number of hydrogen-bond donors (Lipinski definition) is 2. The third kappa shape index (κ3) is 3.62. The van der Waals surface area contributed by atoms with Gasteiger partial charge in [0.15, 0.2) is 11.5 Å². The number of anilines is 2. The number of hydrogen-bond acceptors (Lipinski definition) is 4. The van der Waals surface area contributed by atoms with Crippen molar-refractivity contribution in [1.29, 1.82) is 0 Å². The molecular weight excluding hydrogens is 304 g/mol. The van der Waals surface area contributed by atoms with Crippen molar-refractivity contribution in [3.63, 3.8) is 0 Å². The van der Waals surface area contributed by atoms with Gasteiger partial charge < -0.3 is 20.1 Å². The Bertz CT molecular complexity index is 743. The molecule has 0 saturated carbocycles. The minimum Gasteiger partial charge on any atom is -0.454 e. The average Bonchev–Trinajstić information content (AvgIpc) is 3.04. The highest BCUT2D eigenvalue weighted by molar-refractivity contribution is 5.91. The van der Waals surface area contributed by atoms with Crippen molar-refractivity contribution < 1.29 is 14.3 Å². The summed E-state index contributed by atoms with van der Waals surface area (Å²) >= 11 is 0. The lowest BCUT2D eigenvalue weighted by molar-refractivity contribution is -0.115. The van der Waals surface area contributed by atoms with Gasteiger partial charge in [0, 0.05) is 30.4 Å². The molecule has 126 valence electrons. The quantitative estimate of drug-likeness (QED) is 0.849. The largest absolute Gasteiger partial charge is 0.454 e. The molecule has 0 aliphatic carbocycles. The molecule has 0 aromatic heterocycles. The van der Waals surface area contributed by atoms with Crippen LogP contribution in [0.2, 0.25) is 0 Å². The summed E-state index contributed by atoms with van der Waals surface area (Å²) in [5.41, 5.74) is 4.32. The molecule has 1 amide bonds. The molecule has 5 heteroatoms. The Labute approximate surface area is 142 Å². The van der Waals surface area contributed by atoms with E-state index in [2.05, 4.69) is 42.7 Å². The monoisotopic (exact) mass is 326 g/mol. The fraction of sp³-hybridized carbons (Fsp3) is 0.316. The van der Waals surface area contributed by atoms with E-state index < -0.39 is 0 Å². The summed E-state index contributed by atoms with van der Waals surface area (Å²) in [5, 5.41) is 6.27. The summed E-state index contributed by atoms with van der Waals surface area (Å²) in [5.74, 6) is 1.34. The maximum absolute atomic E-state index is 12.1. The molecule has 2 N–H and O–H groups in total. The molecule has 0 radical (unpaired) electrons. The molecule has 3 rings (SSSR count). The first-order valence-corrected chi connectivity index (χ1v) is 8.19. The van der Waals surface area contributed by atoms with Crippen molar-refractivity contribution in [3.05, 3.63) is 47.5 Å². The van der Waals surface area contributed by atoms with Crippen LogP contribution in [-0.2, 0) is 11.2 Å². The van der Waals surface area contributed by atoms with E-state index in [4.69, 9.17) is 9.47 Å². The number of para-hydroxylation sites is 1. The van der Waals surface area contributed by atoms with Gasteiger partial charge >= 0.3 is 0 Å². The molecule has 2 aromatic rings. The Kier molecular flexibility index (Phi) is 4.89. The predicted molar refractivity (Wildman–Crippen MR) is 94.9 cm³/mol. The number of ether oxygens (including phenoxy) is 2. The van der Waals surface area contributed by atoms with E-state index in [1.165, 1.54) is 11.1 Å². The van der Waals surface area contributed by atoms with E-state index in [1.54, 1.807) is 12.1 Å². The van der Waals surface area contributed by atoms with Crippen molar-refractivity contribution in [2.45, 2.75) is 26.7 Å². The van der Waals surface area contributed by atoms with Crippen molar-refractivity contribution >= 4 is 17.3 Å². The Hall–Kier alpha value is -2.69. The van der Waals surface area contributed by atoms with Gasteiger partial charge in [-0.05, 0) is 36.6 Å². The minimum absolute atomic E-state index is 0.0343. The normalized spacial score (nSPS) is 12.1. The van der Waals surface area contributed by atoms with Gasteiger partial charge in [-0.3, -0.25) is 4.79 Å². The lowest BCUT2D eigenvalue weighted by atomic mass is 10.1. The lowest BCUT2D eigenvalue weighted by Gasteiger charge is -2.14. The SMILES string of the molecule is CCc1cccc(C)c1NCCC(=O)Nc1ccc2c(c1)OCO2. The number of benzene rings is 2. The van der Waals surface area contributed by atoms with Crippen molar-refractivity contribution in [1.82, 2.24) is 0 Å². The number of amides is 1. The molecule has 1 heterocycles. The molecule has 24 heavy (non-hydrogen) atoms. The summed E-state index contributed by atoms with van der Waals surface area (Å²) in [6.07, 6.45) is 1.36. The summed E-state index contributed by atoms with van der Waals surface area (Å²) in [4.78, 5) is 12.1. The fourth-order valence-corrected chi connectivity index (χ4v) is 2.77. The van der Waals surface area contributed by atoms with E-state index in [0.29, 0.717) is 24.5 Å². The average molecular weight is 326 g/mol. The van der Waals surface area contributed by atoms with Gasteiger partial charge in [-0.15, -0.1) is 0 Å². The van der Waals surface area contributed by atoms with E-state index in [9.17, 15) is 4.79 Å². The van der Waals surface area contributed by atoms with Crippen LogP contribution in [-0.4, -0.2) is 19.2 Å². The van der Waals surface area contributed by atoms with Crippen LogP contribution in [0.15, 0.2) is 36.4 Å². The van der Waals surface area contributed by atoms with Gasteiger partial charge in [-0.25, -0.2) is 0 Å². The van der Waals surface area contributed by atoms with Gasteiger partial charge in [0.1, 0.15) is 0 Å². The molecule has 2 aromatic carbocycles. The van der Waals surface area contributed by atoms with Gasteiger partial charge in [0.25, 0.3) is 0 Å². The van der Waals surface area contributed by atoms with Crippen LogP contribution in [0.3, 0.4) is 0 Å². The molecule has 5 nitrogen and oxygen atoms in total. The zero-order chi connectivity index (χ0) is 16.9. The van der Waals surface area contributed by atoms with Crippen LogP contribution < -0.4 is 20.1 Å². The first-order valence-electron chi connectivity index (χ1n) is 8.19. The highest BCUT2D eigenvalue weighted by atomic mass is 16.7. The predicted octanol–water partition coefficient (Wildman–Crippen LogP) is 3.73. The summed E-state index contributed by atoms with van der Waals surface area (Å²) in [6, 6.07) is 11.7. The van der Waals surface area contributed by atoms with Crippen LogP contribution in [0.1, 0.15) is 24.5 Å². The standard InChI is InChI=1S/C19H22N2O3/c1-3-14-6-4-5-13(2)19(14)20-10-9-18(22)21-15-7-8-16-17(11-15)24-12-23-16/h4-8,11,20H,3,9-10,12H2,1-2H3,(H,21,22). The molecule has 0 unspecified atom stereocenters. The zero-order valence-corrected chi connectivity index (χ0v) is 14.0. The Morgan fingerprint density at radius 2 is 2.00 bits per heavy atom. The third-order valence-corrected chi connectivity index (χ3v) is 4.05. The van der Waals surface area contributed by atoms with Crippen LogP contribution in [0.25, 0.3) is 0 Å². The topological polar surface area (TPSA) is 59.6 Å². The number of carbonyl (C=O) groups is 1. The molecule has 0 saturated heterocycles. The highest BCUT2D eigenvalue weighted by Crippen LogP contribution is 2.34. The summed E-state index contributed by atoms with van der Waals surface area (Å²) < 4.78 is 10.6. The highest BCUT2D eigenvalue weighted by Gasteiger charge is 2.14. The second-order valence-corrected chi connectivity index (χ2v) is 5.76. The first-order chi connectivity index (χ1) is 11.7. The maximum Gasteiger partial charge on any atom is 0.231 e. The van der Waals surface area contributed by atoms with E-state index in [-0.39, 0.29) is 12.7 Å². The summed E-state index contributed by atoms with van der Waals surface area (Å²) in [6.45, 7) is 5.03. The van der Waals surface area contributed by atoms with Gasteiger partial charge in [-0.2, -0.15) is 0 Å². The minimum atomic E-state index is -0.0343. The Morgan fingerprint density at radius 3 is 2.83 bits per heavy atom. The molecule has 0 bridgehead atoms. The number of nitrogens with one attached hydrogen (secondary N) is 2. The number of aryl methyl sites for hydroxylation is 2. The van der Waals surface area contributed by atoms with E-state index in [0.717, 1.165) is 17.8 Å². The number of rotatable bonds is 6. The van der Waals surface area contributed by atoms with Gasteiger partial charge in [-0.1, -0.05) is 25.1 Å². The molecule has 1 aliphatic heterocycles. The zero-order valence-electron chi connectivity index (χ0n) is 14.0. The van der Waals surface area contributed by atoms with Crippen LogP contribution in [0.5, 0.6) is 11.5 Å². The molecular formula is C19H22N2O3. The van der Waals surface area contributed by atoms with Crippen LogP contribution in [0, 0.1) is 6.92 Å². The molecule has 0 spiro atoms. The molecule has 1 aliphatic rings. The third-order valence-electron chi connectivity index (χ3n) is 4.05. The fourth-order valence-electron chi connectivity index (χ4n) is 2.77. The smallest absolute Gasteiger partial charge is 0.231 e. The molecule has 0 atom stereocenters. The second-order valence-electron chi connectivity index (χ2n) is 5.76. The van der Waals surface area contributed by atoms with Crippen LogP contribution >= 0.6 is 0 Å². The van der Waals surface area contributed by atoms with E-state index >= 15 is 0 Å². The maximum atomic E-state index is 12.1.